The van der Waals surface area contributed by atoms with Crippen LogP contribution < -0.4 is 5.32 Å². The van der Waals surface area contributed by atoms with Crippen molar-refractivity contribution in [1.29, 1.82) is 0 Å². The molecule has 0 aliphatic rings. The molecule has 0 spiro atoms. The molecule has 0 unspecified atom stereocenters. The van der Waals surface area contributed by atoms with Crippen molar-refractivity contribution >= 4 is 11.7 Å². The van der Waals surface area contributed by atoms with Gasteiger partial charge in [0.15, 0.2) is 0 Å². The number of hydroxylamine groups is 2. The second-order valence-corrected chi connectivity index (χ2v) is 3.56. The lowest BCUT2D eigenvalue weighted by Crippen LogP contribution is -2.30. The number of carbonyl (C=O) groups is 1. The Morgan fingerprint density at radius 1 is 1.50 bits per heavy atom. The van der Waals surface area contributed by atoms with Gasteiger partial charge in [-0.2, -0.15) is 0 Å². The second kappa shape index (κ2) is 6.12. The summed E-state index contributed by atoms with van der Waals surface area (Å²) in [7, 11) is 3.01. The number of carbonyl (C=O) groups excluding carboxylic acids is 1. The van der Waals surface area contributed by atoms with Crippen molar-refractivity contribution in [3.05, 3.63) is 29.8 Å². The number of benzene rings is 1. The van der Waals surface area contributed by atoms with Gasteiger partial charge in [0.05, 0.1) is 7.11 Å². The summed E-state index contributed by atoms with van der Waals surface area (Å²) in [4.78, 5) is 16.3. The van der Waals surface area contributed by atoms with Crippen LogP contribution in [0, 0.1) is 0 Å². The van der Waals surface area contributed by atoms with Crippen molar-refractivity contribution in [3.63, 3.8) is 0 Å². The lowest BCUT2D eigenvalue weighted by molar-refractivity contribution is -0.0598. The summed E-state index contributed by atoms with van der Waals surface area (Å²) in [5.74, 6) is 0. The quantitative estimate of drug-likeness (QED) is 0.796. The van der Waals surface area contributed by atoms with Crippen LogP contribution in [0.5, 0.6) is 0 Å². The zero-order valence-electron chi connectivity index (χ0n) is 9.99. The van der Waals surface area contributed by atoms with E-state index < -0.39 is 0 Å². The monoisotopic (exact) mass is 222 g/mol. The highest BCUT2D eigenvalue weighted by molar-refractivity contribution is 5.88. The van der Waals surface area contributed by atoms with Gasteiger partial charge in [0, 0.05) is 12.7 Å². The summed E-state index contributed by atoms with van der Waals surface area (Å²) < 4.78 is 0. The van der Waals surface area contributed by atoms with Crippen LogP contribution in [0.25, 0.3) is 0 Å². The van der Waals surface area contributed by atoms with Crippen LogP contribution in [0.2, 0.25) is 0 Å². The first-order valence-corrected chi connectivity index (χ1v) is 5.35. The van der Waals surface area contributed by atoms with Gasteiger partial charge in [-0.1, -0.05) is 25.5 Å². The van der Waals surface area contributed by atoms with Crippen LogP contribution in [-0.2, 0) is 11.3 Å². The minimum absolute atomic E-state index is 0.281. The fraction of sp³-hybridized carbons (Fsp3) is 0.417. The highest BCUT2D eigenvalue weighted by Gasteiger charge is 2.07. The van der Waals surface area contributed by atoms with Gasteiger partial charge in [-0.05, 0) is 24.1 Å². The summed E-state index contributed by atoms with van der Waals surface area (Å²) in [6, 6.07) is 7.55. The van der Waals surface area contributed by atoms with E-state index in [1.807, 2.05) is 18.2 Å². The largest absolute Gasteiger partial charge is 0.345 e. The number of nitrogens with one attached hydrogen (secondary N) is 1. The van der Waals surface area contributed by atoms with Crippen LogP contribution >= 0.6 is 0 Å². The average molecular weight is 222 g/mol. The van der Waals surface area contributed by atoms with Crippen LogP contribution in [-0.4, -0.2) is 25.3 Å². The van der Waals surface area contributed by atoms with E-state index in [-0.39, 0.29) is 6.03 Å². The Bertz CT molecular complexity index is 353. The first kappa shape index (κ1) is 12.5. The predicted octanol–water partition coefficient (Wildman–Crippen LogP) is 2.66. The molecule has 2 amide bonds. The molecule has 0 aromatic heterocycles. The Balaban J connectivity index is 2.66. The molecule has 0 radical (unpaired) electrons. The molecule has 1 rings (SSSR count). The number of aryl methyl sites for hydroxylation is 1. The van der Waals surface area contributed by atoms with Crippen molar-refractivity contribution in [3.8, 4) is 0 Å². The normalized spacial score (nSPS) is 9.94. The zero-order chi connectivity index (χ0) is 12.0. The maximum atomic E-state index is 11.5. The lowest BCUT2D eigenvalue weighted by atomic mass is 10.1. The van der Waals surface area contributed by atoms with E-state index in [0.29, 0.717) is 0 Å². The van der Waals surface area contributed by atoms with Crippen LogP contribution in [0.15, 0.2) is 24.3 Å². The molecule has 0 saturated heterocycles. The minimum atomic E-state index is -0.281. The molecule has 0 aliphatic carbocycles. The van der Waals surface area contributed by atoms with Gasteiger partial charge < -0.3 is 5.32 Å². The summed E-state index contributed by atoms with van der Waals surface area (Å²) in [5.41, 5.74) is 2.01. The Labute approximate surface area is 96.2 Å². The number of urea groups is 1. The molecule has 88 valence electrons. The topological polar surface area (TPSA) is 41.6 Å². The molecule has 0 saturated carbocycles. The molecular weight excluding hydrogens is 204 g/mol. The number of hydrogen-bond donors (Lipinski definition) is 1. The molecule has 0 atom stereocenters. The van der Waals surface area contributed by atoms with E-state index in [0.717, 1.165) is 23.6 Å². The molecular formula is C12H18N2O2. The molecule has 1 aromatic rings. The molecule has 4 nitrogen and oxygen atoms in total. The molecule has 0 bridgehead atoms. The second-order valence-electron chi connectivity index (χ2n) is 3.56. The molecule has 0 heterocycles. The Kier molecular flexibility index (Phi) is 4.79. The van der Waals surface area contributed by atoms with E-state index >= 15 is 0 Å². The molecule has 0 aliphatic heterocycles. The van der Waals surface area contributed by atoms with E-state index in [1.54, 1.807) is 7.05 Å². The fourth-order valence-electron chi connectivity index (χ4n) is 1.38. The molecule has 1 N–H and O–H groups in total. The first-order chi connectivity index (χ1) is 7.67. The molecule has 0 fully saturated rings. The number of rotatable bonds is 4. The van der Waals surface area contributed by atoms with Crippen LogP contribution in [0.4, 0.5) is 10.5 Å². The number of amides is 2. The summed E-state index contributed by atoms with van der Waals surface area (Å²) in [5, 5.41) is 3.90. The van der Waals surface area contributed by atoms with Gasteiger partial charge >= 0.3 is 6.03 Å². The summed E-state index contributed by atoms with van der Waals surface area (Å²) in [6.45, 7) is 2.13. The third-order valence-electron chi connectivity index (χ3n) is 2.28. The fourth-order valence-corrected chi connectivity index (χ4v) is 1.38. The molecule has 1 aromatic carbocycles. The van der Waals surface area contributed by atoms with Crippen molar-refractivity contribution in [1.82, 2.24) is 5.06 Å². The predicted molar refractivity (Wildman–Crippen MR) is 64.2 cm³/mol. The van der Waals surface area contributed by atoms with Gasteiger partial charge in [0.25, 0.3) is 0 Å². The number of anilines is 1. The number of hydrogen-bond acceptors (Lipinski definition) is 2. The van der Waals surface area contributed by atoms with Crippen molar-refractivity contribution < 1.29 is 9.63 Å². The Morgan fingerprint density at radius 2 is 2.25 bits per heavy atom. The Morgan fingerprint density at radius 3 is 2.88 bits per heavy atom. The SMILES string of the molecule is CCCc1cccc(NC(=O)N(C)OC)c1. The van der Waals surface area contributed by atoms with Crippen LogP contribution in [0.1, 0.15) is 18.9 Å². The summed E-state index contributed by atoms with van der Waals surface area (Å²) >= 11 is 0. The smallest absolute Gasteiger partial charge is 0.306 e. The van der Waals surface area contributed by atoms with Crippen molar-refractivity contribution in [2.24, 2.45) is 0 Å². The lowest BCUT2D eigenvalue weighted by Gasteiger charge is -2.14. The van der Waals surface area contributed by atoms with E-state index in [4.69, 9.17) is 4.84 Å². The maximum absolute atomic E-state index is 11.5. The molecule has 4 heteroatoms. The standard InChI is InChI=1S/C12H18N2O2/c1-4-6-10-7-5-8-11(9-10)13-12(15)14(2)16-3/h5,7-9H,4,6H2,1-3H3,(H,13,15). The average Bonchev–Trinajstić information content (AvgIpc) is 2.29. The van der Waals surface area contributed by atoms with E-state index in [9.17, 15) is 4.79 Å². The Hall–Kier alpha value is -1.55. The third kappa shape index (κ3) is 3.55. The van der Waals surface area contributed by atoms with Gasteiger partial charge in [-0.25, -0.2) is 9.86 Å². The molecule has 16 heavy (non-hydrogen) atoms. The zero-order valence-corrected chi connectivity index (χ0v) is 9.99. The van der Waals surface area contributed by atoms with E-state index in [1.165, 1.54) is 12.7 Å². The van der Waals surface area contributed by atoms with Crippen molar-refractivity contribution in [2.45, 2.75) is 19.8 Å². The number of nitrogens with zero attached hydrogens (tertiary/aromatic N) is 1. The summed E-state index contributed by atoms with van der Waals surface area (Å²) in [6.07, 6.45) is 2.11. The van der Waals surface area contributed by atoms with Crippen molar-refractivity contribution in [2.75, 3.05) is 19.5 Å². The first-order valence-electron chi connectivity index (χ1n) is 5.35. The van der Waals surface area contributed by atoms with Gasteiger partial charge in [-0.15, -0.1) is 0 Å². The van der Waals surface area contributed by atoms with Crippen LogP contribution in [0.3, 0.4) is 0 Å². The van der Waals surface area contributed by atoms with Gasteiger partial charge in [0.1, 0.15) is 0 Å². The van der Waals surface area contributed by atoms with Gasteiger partial charge in [0.2, 0.25) is 0 Å². The minimum Gasteiger partial charge on any atom is -0.306 e. The highest BCUT2D eigenvalue weighted by atomic mass is 16.7. The highest BCUT2D eigenvalue weighted by Crippen LogP contribution is 2.12. The third-order valence-corrected chi connectivity index (χ3v) is 2.28. The van der Waals surface area contributed by atoms with E-state index in [2.05, 4.69) is 18.3 Å². The van der Waals surface area contributed by atoms with Gasteiger partial charge in [-0.3, -0.25) is 4.84 Å². The maximum Gasteiger partial charge on any atom is 0.345 e.